The lowest BCUT2D eigenvalue weighted by Gasteiger charge is -2.25. The lowest BCUT2D eigenvalue weighted by atomic mass is 10.1. The molecule has 0 aliphatic carbocycles. The number of thiocarbonyl (C=S) groups is 1. The van der Waals surface area contributed by atoms with Gasteiger partial charge in [0.1, 0.15) is 10.7 Å². The average Bonchev–Trinajstić information content (AvgIpc) is 2.33. The van der Waals surface area contributed by atoms with E-state index in [9.17, 15) is 5.11 Å². The number of hydrogen-bond acceptors (Lipinski definition) is 4. The van der Waals surface area contributed by atoms with Crippen molar-refractivity contribution in [3.05, 3.63) is 29.8 Å². The van der Waals surface area contributed by atoms with Gasteiger partial charge in [-0.05, 0) is 51.6 Å². The zero-order valence-electron chi connectivity index (χ0n) is 12.4. The van der Waals surface area contributed by atoms with Gasteiger partial charge in [-0.25, -0.2) is 0 Å². The Kier molecular flexibility index (Phi) is 6.39. The molecule has 20 heavy (non-hydrogen) atoms. The van der Waals surface area contributed by atoms with E-state index >= 15 is 0 Å². The topological polar surface area (TPSA) is 58.7 Å². The van der Waals surface area contributed by atoms with Crippen LogP contribution in [-0.2, 0) is 0 Å². The number of ether oxygens (including phenoxy) is 1. The van der Waals surface area contributed by atoms with E-state index in [1.807, 2.05) is 45.2 Å². The summed E-state index contributed by atoms with van der Waals surface area (Å²) >= 11 is 4.89. The number of nitrogens with zero attached hydrogens (tertiary/aromatic N) is 1. The van der Waals surface area contributed by atoms with Gasteiger partial charge in [0, 0.05) is 18.7 Å². The van der Waals surface area contributed by atoms with Crippen molar-refractivity contribution in [3.63, 3.8) is 0 Å². The van der Waals surface area contributed by atoms with Crippen molar-refractivity contribution in [2.24, 2.45) is 5.73 Å². The normalized spacial score (nSPS) is 11.7. The van der Waals surface area contributed by atoms with Crippen LogP contribution in [0.2, 0.25) is 0 Å². The summed E-state index contributed by atoms with van der Waals surface area (Å²) in [4.78, 5) is 2.49. The molecule has 0 saturated heterocycles. The molecule has 0 atom stereocenters. The van der Waals surface area contributed by atoms with Crippen LogP contribution >= 0.6 is 12.2 Å². The molecule has 0 saturated carbocycles. The molecule has 0 radical (unpaired) electrons. The third-order valence-electron chi connectivity index (χ3n) is 2.75. The van der Waals surface area contributed by atoms with Crippen LogP contribution in [0.3, 0.4) is 0 Å². The summed E-state index contributed by atoms with van der Waals surface area (Å²) in [5.41, 5.74) is 5.72. The van der Waals surface area contributed by atoms with Gasteiger partial charge >= 0.3 is 0 Å². The summed E-state index contributed by atoms with van der Waals surface area (Å²) in [6.07, 6.45) is 0.906. The minimum atomic E-state index is -0.661. The number of hydrogen-bond donors (Lipinski definition) is 2. The van der Waals surface area contributed by atoms with Crippen molar-refractivity contribution in [3.8, 4) is 5.75 Å². The van der Waals surface area contributed by atoms with Gasteiger partial charge in [-0.15, -0.1) is 0 Å². The van der Waals surface area contributed by atoms with Crippen LogP contribution in [-0.4, -0.2) is 47.3 Å². The van der Waals surface area contributed by atoms with Crippen LogP contribution in [0.5, 0.6) is 5.75 Å². The van der Waals surface area contributed by atoms with Gasteiger partial charge in [-0.2, -0.15) is 0 Å². The maximum absolute atomic E-state index is 9.70. The second-order valence-electron chi connectivity index (χ2n) is 5.64. The number of benzene rings is 1. The van der Waals surface area contributed by atoms with Crippen molar-refractivity contribution in [1.82, 2.24) is 4.90 Å². The third-order valence-corrected chi connectivity index (χ3v) is 2.98. The highest BCUT2D eigenvalue weighted by Crippen LogP contribution is 2.12. The predicted octanol–water partition coefficient (Wildman–Crippen LogP) is 1.79. The molecule has 0 unspecified atom stereocenters. The number of nitrogens with two attached hydrogens (primary N) is 1. The first-order valence-electron chi connectivity index (χ1n) is 6.71. The summed E-state index contributed by atoms with van der Waals surface area (Å²) < 4.78 is 5.65. The molecule has 0 fully saturated rings. The highest BCUT2D eigenvalue weighted by Gasteiger charge is 2.14. The highest BCUT2D eigenvalue weighted by atomic mass is 32.1. The summed E-state index contributed by atoms with van der Waals surface area (Å²) in [6.45, 7) is 5.79. The fourth-order valence-electron chi connectivity index (χ4n) is 1.98. The molecule has 1 aromatic rings. The number of likely N-dealkylation sites (N-methyl/N-ethyl adjacent to an activating group) is 1. The van der Waals surface area contributed by atoms with Crippen molar-refractivity contribution >= 4 is 17.2 Å². The smallest absolute Gasteiger partial charge is 0.119 e. The Bertz CT molecular complexity index is 426. The molecule has 0 amide bonds. The SMILES string of the molecule is CN(CCCOc1ccc(C(N)=S)cc1)CC(C)(C)O. The molecule has 0 bridgehead atoms. The third kappa shape index (κ3) is 6.84. The first kappa shape index (κ1) is 16.9. The fraction of sp³-hybridized carbons (Fsp3) is 0.533. The van der Waals surface area contributed by atoms with Crippen molar-refractivity contribution in [1.29, 1.82) is 0 Å². The Balaban J connectivity index is 2.26. The summed E-state index contributed by atoms with van der Waals surface area (Å²) in [6, 6.07) is 7.46. The second-order valence-corrected chi connectivity index (χ2v) is 6.08. The van der Waals surface area contributed by atoms with Crippen LogP contribution < -0.4 is 10.5 Å². The van der Waals surface area contributed by atoms with Crippen LogP contribution in [0.4, 0.5) is 0 Å². The lowest BCUT2D eigenvalue weighted by molar-refractivity contribution is 0.0433. The van der Waals surface area contributed by atoms with Gasteiger partial charge in [-0.1, -0.05) is 12.2 Å². The zero-order chi connectivity index (χ0) is 15.2. The molecular formula is C15H24N2O2S. The molecule has 0 spiro atoms. The molecule has 1 aromatic carbocycles. The first-order chi connectivity index (χ1) is 9.28. The first-order valence-corrected chi connectivity index (χ1v) is 7.12. The molecule has 4 nitrogen and oxygen atoms in total. The van der Waals surface area contributed by atoms with Gasteiger partial charge in [0.15, 0.2) is 0 Å². The fourth-order valence-corrected chi connectivity index (χ4v) is 2.12. The molecule has 0 aliphatic heterocycles. The van der Waals surface area contributed by atoms with Gasteiger partial charge in [0.25, 0.3) is 0 Å². The van der Waals surface area contributed by atoms with E-state index in [0.29, 0.717) is 18.1 Å². The van der Waals surface area contributed by atoms with Crippen molar-refractivity contribution in [2.75, 3.05) is 26.7 Å². The maximum Gasteiger partial charge on any atom is 0.119 e. The molecule has 5 heteroatoms. The summed E-state index contributed by atoms with van der Waals surface area (Å²) in [5, 5.41) is 9.70. The van der Waals surface area contributed by atoms with Crippen LogP contribution in [0.15, 0.2) is 24.3 Å². The minimum Gasteiger partial charge on any atom is -0.494 e. The number of aliphatic hydroxyl groups is 1. The van der Waals surface area contributed by atoms with Crippen LogP contribution in [0.1, 0.15) is 25.8 Å². The average molecular weight is 296 g/mol. The Hall–Kier alpha value is -1.17. The minimum absolute atomic E-state index is 0.393. The predicted molar refractivity (Wildman–Crippen MR) is 86.2 cm³/mol. The Labute approximate surface area is 126 Å². The van der Waals surface area contributed by atoms with E-state index in [2.05, 4.69) is 4.90 Å². The molecule has 3 N–H and O–H groups in total. The van der Waals surface area contributed by atoms with Crippen LogP contribution in [0.25, 0.3) is 0 Å². The molecular weight excluding hydrogens is 272 g/mol. The Morgan fingerprint density at radius 1 is 1.35 bits per heavy atom. The molecule has 1 rings (SSSR count). The van der Waals surface area contributed by atoms with E-state index in [0.717, 1.165) is 24.3 Å². The zero-order valence-corrected chi connectivity index (χ0v) is 13.2. The van der Waals surface area contributed by atoms with E-state index in [1.54, 1.807) is 0 Å². The molecule has 112 valence electrons. The molecule has 0 aromatic heterocycles. The van der Waals surface area contributed by atoms with Gasteiger partial charge < -0.3 is 20.5 Å². The largest absolute Gasteiger partial charge is 0.494 e. The van der Waals surface area contributed by atoms with Crippen molar-refractivity contribution < 1.29 is 9.84 Å². The monoisotopic (exact) mass is 296 g/mol. The Morgan fingerprint density at radius 2 is 1.95 bits per heavy atom. The van der Waals surface area contributed by atoms with Gasteiger partial charge in [0.05, 0.1) is 12.2 Å². The summed E-state index contributed by atoms with van der Waals surface area (Å²) in [7, 11) is 1.99. The molecule has 0 aliphatic rings. The standard InChI is InChI=1S/C15H24N2O2S/c1-15(2,18)11-17(3)9-4-10-19-13-7-5-12(6-8-13)14(16)20/h5-8,18H,4,9-11H2,1-3H3,(H2,16,20). The summed E-state index contributed by atoms with van der Waals surface area (Å²) in [5.74, 6) is 0.815. The van der Waals surface area contributed by atoms with Gasteiger partial charge in [-0.3, -0.25) is 0 Å². The van der Waals surface area contributed by atoms with Gasteiger partial charge in [0.2, 0.25) is 0 Å². The van der Waals surface area contributed by atoms with Crippen LogP contribution in [0, 0.1) is 0 Å². The van der Waals surface area contributed by atoms with E-state index in [-0.39, 0.29) is 0 Å². The maximum atomic E-state index is 9.70. The quantitative estimate of drug-likeness (QED) is 0.566. The lowest BCUT2D eigenvalue weighted by Crippen LogP contribution is -2.37. The van der Waals surface area contributed by atoms with E-state index in [1.165, 1.54) is 0 Å². The Morgan fingerprint density at radius 3 is 2.45 bits per heavy atom. The van der Waals surface area contributed by atoms with Crippen molar-refractivity contribution in [2.45, 2.75) is 25.9 Å². The van der Waals surface area contributed by atoms with E-state index < -0.39 is 5.60 Å². The highest BCUT2D eigenvalue weighted by molar-refractivity contribution is 7.80. The number of rotatable bonds is 8. The molecule has 0 heterocycles. The van der Waals surface area contributed by atoms with E-state index in [4.69, 9.17) is 22.7 Å². The second kappa shape index (κ2) is 7.57.